The van der Waals surface area contributed by atoms with E-state index in [0.717, 1.165) is 5.56 Å². The monoisotopic (exact) mass is 251 g/mol. The van der Waals surface area contributed by atoms with Gasteiger partial charge in [-0.2, -0.15) is 5.26 Å². The molecule has 1 atom stereocenters. The second kappa shape index (κ2) is 5.53. The first kappa shape index (κ1) is 13.1. The van der Waals surface area contributed by atoms with Crippen molar-refractivity contribution < 1.29 is 0 Å². The molecule has 1 aromatic heterocycles. The molecule has 1 N–H and O–H groups in total. The molecule has 0 aliphatic carbocycles. The van der Waals surface area contributed by atoms with E-state index in [1.807, 2.05) is 25.1 Å². The van der Waals surface area contributed by atoms with Crippen molar-refractivity contribution in [2.75, 3.05) is 5.32 Å². The fourth-order valence-electron chi connectivity index (χ4n) is 2.16. The van der Waals surface area contributed by atoms with Crippen LogP contribution in [0.25, 0.3) is 0 Å². The van der Waals surface area contributed by atoms with Gasteiger partial charge in [-0.15, -0.1) is 0 Å². The highest BCUT2D eigenvalue weighted by Gasteiger charge is 2.12. The highest BCUT2D eigenvalue weighted by molar-refractivity contribution is 5.56. The molecule has 3 nitrogen and oxygen atoms in total. The van der Waals surface area contributed by atoms with Crippen LogP contribution in [0, 0.1) is 25.2 Å². The van der Waals surface area contributed by atoms with Crippen LogP contribution in [0.15, 0.2) is 36.5 Å². The highest BCUT2D eigenvalue weighted by atomic mass is 15.0. The number of nitriles is 1. The molecule has 0 bridgehead atoms. The van der Waals surface area contributed by atoms with Gasteiger partial charge in [-0.05, 0) is 43.5 Å². The lowest BCUT2D eigenvalue weighted by Gasteiger charge is -2.18. The number of anilines is 1. The van der Waals surface area contributed by atoms with Crippen LogP contribution in [0.4, 0.5) is 5.82 Å². The molecule has 0 saturated heterocycles. The molecule has 0 spiro atoms. The second-order valence-corrected chi connectivity index (χ2v) is 4.69. The first-order valence-corrected chi connectivity index (χ1v) is 6.31. The molecule has 0 radical (unpaired) electrons. The molecule has 1 heterocycles. The number of nitrogens with one attached hydrogen (secondary N) is 1. The van der Waals surface area contributed by atoms with Crippen LogP contribution >= 0.6 is 0 Å². The maximum atomic E-state index is 9.21. The average Bonchev–Trinajstić information content (AvgIpc) is 2.39. The lowest BCUT2D eigenvalue weighted by molar-refractivity contribution is 0.863. The lowest BCUT2D eigenvalue weighted by Crippen LogP contribution is -2.11. The van der Waals surface area contributed by atoms with Crippen molar-refractivity contribution >= 4 is 5.82 Å². The number of rotatable bonds is 3. The van der Waals surface area contributed by atoms with Crippen molar-refractivity contribution in [3.05, 3.63) is 58.8 Å². The van der Waals surface area contributed by atoms with Gasteiger partial charge in [0, 0.05) is 6.20 Å². The van der Waals surface area contributed by atoms with Gasteiger partial charge in [-0.1, -0.05) is 24.3 Å². The minimum absolute atomic E-state index is 0.114. The van der Waals surface area contributed by atoms with E-state index < -0.39 is 0 Å². The first-order valence-electron chi connectivity index (χ1n) is 6.31. The predicted octanol–water partition coefficient (Wildman–Crippen LogP) is 3.74. The molecule has 0 saturated carbocycles. The molecule has 2 rings (SSSR count). The molecule has 0 amide bonds. The third kappa shape index (κ3) is 2.74. The van der Waals surface area contributed by atoms with Gasteiger partial charge in [0.15, 0.2) is 0 Å². The van der Waals surface area contributed by atoms with Gasteiger partial charge in [-0.25, -0.2) is 4.98 Å². The molecule has 1 unspecified atom stereocenters. The van der Waals surface area contributed by atoms with Crippen LogP contribution in [-0.2, 0) is 0 Å². The topological polar surface area (TPSA) is 48.7 Å². The average molecular weight is 251 g/mol. The molecule has 96 valence electrons. The van der Waals surface area contributed by atoms with Crippen molar-refractivity contribution in [2.24, 2.45) is 0 Å². The normalized spacial score (nSPS) is 11.7. The summed E-state index contributed by atoms with van der Waals surface area (Å²) in [5, 5.41) is 12.5. The van der Waals surface area contributed by atoms with E-state index >= 15 is 0 Å². The minimum atomic E-state index is 0.114. The van der Waals surface area contributed by atoms with Crippen LogP contribution in [0.1, 0.15) is 35.2 Å². The quantitative estimate of drug-likeness (QED) is 0.904. The smallest absolute Gasteiger partial charge is 0.144 e. The largest absolute Gasteiger partial charge is 0.362 e. The Labute approximate surface area is 113 Å². The van der Waals surface area contributed by atoms with Crippen LogP contribution < -0.4 is 5.32 Å². The Morgan fingerprint density at radius 3 is 2.58 bits per heavy atom. The summed E-state index contributed by atoms with van der Waals surface area (Å²) >= 11 is 0. The number of hydrogen-bond donors (Lipinski definition) is 1. The van der Waals surface area contributed by atoms with E-state index in [4.69, 9.17) is 0 Å². The summed E-state index contributed by atoms with van der Waals surface area (Å²) in [6.45, 7) is 6.08. The summed E-state index contributed by atoms with van der Waals surface area (Å²) in [4.78, 5) is 4.27. The van der Waals surface area contributed by atoms with Crippen LogP contribution in [0.5, 0.6) is 0 Å². The van der Waals surface area contributed by atoms with E-state index in [0.29, 0.717) is 11.4 Å². The number of nitrogens with zero attached hydrogens (tertiary/aromatic N) is 2. The van der Waals surface area contributed by atoms with Gasteiger partial charge in [0.1, 0.15) is 11.9 Å². The van der Waals surface area contributed by atoms with Gasteiger partial charge >= 0.3 is 0 Å². The van der Waals surface area contributed by atoms with Crippen molar-refractivity contribution in [3.8, 4) is 6.07 Å². The van der Waals surface area contributed by atoms with Crippen LogP contribution in [0.3, 0.4) is 0 Å². The van der Waals surface area contributed by atoms with E-state index in [1.165, 1.54) is 11.1 Å². The van der Waals surface area contributed by atoms with Gasteiger partial charge in [0.2, 0.25) is 0 Å². The van der Waals surface area contributed by atoms with Gasteiger partial charge < -0.3 is 5.32 Å². The molecule has 1 aromatic carbocycles. The van der Waals surface area contributed by atoms with E-state index in [9.17, 15) is 5.26 Å². The molecule has 0 aliphatic rings. The Balaban J connectivity index is 2.30. The highest BCUT2D eigenvalue weighted by Crippen LogP contribution is 2.23. The molecule has 3 heteroatoms. The number of benzene rings is 1. The Morgan fingerprint density at radius 1 is 1.16 bits per heavy atom. The second-order valence-electron chi connectivity index (χ2n) is 4.69. The Hall–Kier alpha value is -2.34. The van der Waals surface area contributed by atoms with E-state index in [1.54, 1.807) is 6.20 Å². The summed E-state index contributed by atoms with van der Waals surface area (Å²) in [7, 11) is 0. The zero-order chi connectivity index (χ0) is 13.8. The van der Waals surface area contributed by atoms with Crippen molar-refractivity contribution in [1.82, 2.24) is 4.98 Å². The summed E-state index contributed by atoms with van der Waals surface area (Å²) in [6.07, 6.45) is 1.73. The number of hydrogen-bond acceptors (Lipinski definition) is 3. The molecular formula is C16H17N3. The zero-order valence-corrected chi connectivity index (χ0v) is 11.4. The van der Waals surface area contributed by atoms with Gasteiger partial charge in [-0.3, -0.25) is 0 Å². The maximum Gasteiger partial charge on any atom is 0.144 e. The molecule has 19 heavy (non-hydrogen) atoms. The fourth-order valence-corrected chi connectivity index (χ4v) is 2.16. The van der Waals surface area contributed by atoms with E-state index in [-0.39, 0.29) is 6.04 Å². The zero-order valence-electron chi connectivity index (χ0n) is 11.4. The summed E-state index contributed by atoms with van der Waals surface area (Å²) in [5.41, 5.74) is 4.00. The molecule has 0 fully saturated rings. The molecule has 2 aromatic rings. The Morgan fingerprint density at radius 2 is 1.89 bits per heavy atom. The van der Waals surface area contributed by atoms with Gasteiger partial charge in [0.05, 0.1) is 11.6 Å². The summed E-state index contributed by atoms with van der Waals surface area (Å²) < 4.78 is 0. The van der Waals surface area contributed by atoms with E-state index in [2.05, 4.69) is 42.4 Å². The van der Waals surface area contributed by atoms with Crippen molar-refractivity contribution in [1.29, 1.82) is 5.26 Å². The van der Waals surface area contributed by atoms with Crippen LogP contribution in [-0.4, -0.2) is 4.98 Å². The lowest BCUT2D eigenvalue weighted by atomic mass is 10.0. The van der Waals surface area contributed by atoms with Crippen molar-refractivity contribution in [2.45, 2.75) is 26.8 Å². The number of aromatic nitrogens is 1. The predicted molar refractivity (Wildman–Crippen MR) is 76.9 cm³/mol. The first-order chi connectivity index (χ1) is 9.13. The van der Waals surface area contributed by atoms with Gasteiger partial charge in [0.25, 0.3) is 0 Å². The number of pyridine rings is 1. The Bertz CT molecular complexity index is 626. The van der Waals surface area contributed by atoms with Crippen LogP contribution in [0.2, 0.25) is 0 Å². The summed E-state index contributed by atoms with van der Waals surface area (Å²) in [6, 6.07) is 12.4. The fraction of sp³-hybridized carbons (Fsp3) is 0.250. The standard InChI is InChI=1S/C16H17N3/c1-11-6-4-5-7-14(11)13(3)19-16-15(10-17)12(2)8-9-18-16/h4-9,13H,1-3H3,(H,18,19). The third-order valence-electron chi connectivity index (χ3n) is 3.28. The molecule has 0 aliphatic heterocycles. The SMILES string of the molecule is Cc1ccccc1C(C)Nc1nccc(C)c1C#N. The minimum Gasteiger partial charge on any atom is -0.362 e. The maximum absolute atomic E-state index is 9.21. The third-order valence-corrected chi connectivity index (χ3v) is 3.28. The number of aryl methyl sites for hydroxylation is 2. The summed E-state index contributed by atoms with van der Waals surface area (Å²) in [5.74, 6) is 0.651. The molecular weight excluding hydrogens is 234 g/mol. The van der Waals surface area contributed by atoms with Crippen molar-refractivity contribution in [3.63, 3.8) is 0 Å². The Kier molecular flexibility index (Phi) is 3.82.